The Morgan fingerprint density at radius 1 is 1.57 bits per heavy atom. The fourth-order valence-corrected chi connectivity index (χ4v) is 0.743. The second-order valence-corrected chi connectivity index (χ2v) is 2.23. The smallest absolute Gasteiger partial charge is 0.0857 e. The molecule has 1 fully saturated rings. The zero-order valence-corrected chi connectivity index (χ0v) is 4.60. The van der Waals surface area contributed by atoms with Crippen LogP contribution in [0.1, 0.15) is 0 Å². The fraction of sp³-hybridized carbons (Fsp3) is 1.00. The Kier molecular flexibility index (Phi) is 1.52. The zero-order chi connectivity index (χ0) is 5.28. The monoisotopic (exact) mass is 120 g/mol. The first-order valence-electron chi connectivity index (χ1n) is 2.26. The lowest BCUT2D eigenvalue weighted by Gasteiger charge is -1.99. The molecule has 0 aromatic heterocycles. The van der Waals surface area contributed by atoms with Crippen molar-refractivity contribution in [3.8, 4) is 0 Å². The van der Waals surface area contributed by atoms with E-state index in [2.05, 4.69) is 5.32 Å². The van der Waals surface area contributed by atoms with Gasteiger partial charge in [-0.05, 0) is 0 Å². The van der Waals surface area contributed by atoms with Gasteiger partial charge in [0.05, 0.1) is 11.5 Å². The molecular weight excluding hydrogens is 114 g/mol. The Labute approximate surface area is 47.5 Å². The number of nitrogens with zero attached hydrogens (tertiary/aromatic N) is 1. The van der Waals surface area contributed by atoms with E-state index in [1.165, 1.54) is 0 Å². The van der Waals surface area contributed by atoms with Crippen LogP contribution in [0.25, 0.3) is 0 Å². The minimum Gasteiger partial charge on any atom is -0.390 e. The number of rotatable bonds is 0. The number of aliphatic hydroxyl groups is 1. The summed E-state index contributed by atoms with van der Waals surface area (Å²) in [6.45, 7) is 1.14. The average Bonchev–Trinajstić information content (AvgIpc) is 1.91. The molecule has 1 aliphatic rings. The third-order valence-electron chi connectivity index (χ3n) is 1.04. The molecule has 0 aliphatic carbocycles. The maximum absolute atomic E-state index is 8.77. The normalized spacial score (nSPS) is 42.0. The molecule has 1 radical (unpaired) electrons. The van der Waals surface area contributed by atoms with Crippen LogP contribution in [0.5, 0.6) is 0 Å². The molecule has 0 amide bonds. The number of hydrogen-bond donors (Lipinski definition) is 1. The molecule has 1 heterocycles. The van der Waals surface area contributed by atoms with E-state index in [-0.39, 0.29) is 11.5 Å². The summed E-state index contributed by atoms with van der Waals surface area (Å²) in [6.07, 6.45) is -0.387. The van der Waals surface area contributed by atoms with Gasteiger partial charge in [-0.2, -0.15) is 0 Å². The predicted octanol–water partition coefficient (Wildman–Crippen LogP) is -0.427. The molecule has 0 spiro atoms. The summed E-state index contributed by atoms with van der Waals surface area (Å²) in [5, 5.41) is 12.5. The van der Waals surface area contributed by atoms with Gasteiger partial charge in [-0.3, -0.25) is 0 Å². The summed E-state index contributed by atoms with van der Waals surface area (Å²) >= 11 is 5.52. The lowest BCUT2D eigenvalue weighted by Crippen LogP contribution is -2.16. The fourth-order valence-electron chi connectivity index (χ4n) is 0.566. The largest absolute Gasteiger partial charge is 0.390 e. The molecule has 2 atom stereocenters. The van der Waals surface area contributed by atoms with Crippen molar-refractivity contribution in [2.45, 2.75) is 11.5 Å². The Morgan fingerprint density at radius 3 is 2.43 bits per heavy atom. The highest BCUT2D eigenvalue weighted by Gasteiger charge is 2.22. The van der Waals surface area contributed by atoms with Crippen LogP contribution in [0.2, 0.25) is 0 Å². The molecule has 3 heteroatoms. The molecule has 2 nitrogen and oxygen atoms in total. The second kappa shape index (κ2) is 1.99. The van der Waals surface area contributed by atoms with Crippen LogP contribution >= 0.6 is 11.6 Å². The zero-order valence-electron chi connectivity index (χ0n) is 3.84. The van der Waals surface area contributed by atoms with E-state index in [1.54, 1.807) is 0 Å². The van der Waals surface area contributed by atoms with Gasteiger partial charge >= 0.3 is 0 Å². The molecular formula is C4H7ClNO. The number of hydrogen-bond acceptors (Lipinski definition) is 1. The molecule has 0 bridgehead atoms. The first kappa shape index (κ1) is 5.35. The van der Waals surface area contributed by atoms with Gasteiger partial charge in [0.15, 0.2) is 0 Å². The Bertz CT molecular complexity index is 60.7. The van der Waals surface area contributed by atoms with Gasteiger partial charge in [0.2, 0.25) is 0 Å². The van der Waals surface area contributed by atoms with E-state index in [9.17, 15) is 0 Å². The number of aliphatic hydroxyl groups excluding tert-OH is 1. The van der Waals surface area contributed by atoms with Crippen molar-refractivity contribution in [1.29, 1.82) is 0 Å². The first-order chi connectivity index (χ1) is 3.30. The van der Waals surface area contributed by atoms with Crippen molar-refractivity contribution in [3.05, 3.63) is 0 Å². The summed E-state index contributed by atoms with van der Waals surface area (Å²) in [6, 6.07) is 0. The van der Waals surface area contributed by atoms with E-state index >= 15 is 0 Å². The highest BCUT2D eigenvalue weighted by molar-refractivity contribution is 6.21. The number of alkyl halides is 1. The van der Waals surface area contributed by atoms with Gasteiger partial charge in [-0.25, -0.2) is 5.32 Å². The van der Waals surface area contributed by atoms with Crippen LogP contribution in [0.3, 0.4) is 0 Å². The van der Waals surface area contributed by atoms with Gasteiger partial charge in [0.25, 0.3) is 0 Å². The molecule has 1 saturated heterocycles. The first-order valence-corrected chi connectivity index (χ1v) is 2.70. The molecule has 0 aromatic rings. The van der Waals surface area contributed by atoms with E-state index < -0.39 is 0 Å². The molecule has 41 valence electrons. The SMILES string of the molecule is O[C@H]1C[N]C[C@@H]1Cl. The van der Waals surface area contributed by atoms with Crippen molar-refractivity contribution in [1.82, 2.24) is 5.32 Å². The van der Waals surface area contributed by atoms with Crippen molar-refractivity contribution in [2.24, 2.45) is 0 Å². The average molecular weight is 121 g/mol. The van der Waals surface area contributed by atoms with E-state index in [4.69, 9.17) is 16.7 Å². The van der Waals surface area contributed by atoms with Crippen LogP contribution < -0.4 is 5.32 Å². The standard InChI is InChI=1S/C4H7ClNO/c5-3-1-6-2-4(3)7/h3-4,7H,1-2H2/t3-,4-/m0/s1. The second-order valence-electron chi connectivity index (χ2n) is 1.67. The predicted molar refractivity (Wildman–Crippen MR) is 27.5 cm³/mol. The third-order valence-corrected chi connectivity index (χ3v) is 1.47. The summed E-state index contributed by atoms with van der Waals surface area (Å²) in [5.41, 5.74) is 0. The third kappa shape index (κ3) is 1.06. The van der Waals surface area contributed by atoms with Crippen molar-refractivity contribution >= 4 is 11.6 Å². The molecule has 0 unspecified atom stereocenters. The Balaban J connectivity index is 2.33. The topological polar surface area (TPSA) is 34.3 Å². The van der Waals surface area contributed by atoms with Crippen molar-refractivity contribution < 1.29 is 5.11 Å². The Morgan fingerprint density at radius 2 is 2.29 bits per heavy atom. The minimum absolute atomic E-state index is 0.125. The molecule has 7 heavy (non-hydrogen) atoms. The van der Waals surface area contributed by atoms with Crippen LogP contribution in [0.4, 0.5) is 0 Å². The van der Waals surface area contributed by atoms with E-state index in [0.29, 0.717) is 13.1 Å². The summed E-state index contributed by atoms with van der Waals surface area (Å²) in [4.78, 5) is 0. The van der Waals surface area contributed by atoms with Crippen LogP contribution in [-0.2, 0) is 0 Å². The minimum atomic E-state index is -0.387. The highest BCUT2D eigenvalue weighted by atomic mass is 35.5. The van der Waals surface area contributed by atoms with Gasteiger partial charge in [-0.1, -0.05) is 0 Å². The Hall–Kier alpha value is 0.210. The quantitative estimate of drug-likeness (QED) is 0.433. The van der Waals surface area contributed by atoms with E-state index in [1.807, 2.05) is 0 Å². The van der Waals surface area contributed by atoms with Gasteiger partial charge in [0.1, 0.15) is 0 Å². The van der Waals surface area contributed by atoms with Crippen LogP contribution in [-0.4, -0.2) is 29.7 Å². The lowest BCUT2D eigenvalue weighted by atomic mass is 10.3. The molecule has 1 rings (SSSR count). The molecule has 0 aromatic carbocycles. The lowest BCUT2D eigenvalue weighted by molar-refractivity contribution is 0.199. The van der Waals surface area contributed by atoms with Crippen LogP contribution in [0, 0.1) is 0 Å². The highest BCUT2D eigenvalue weighted by Crippen LogP contribution is 2.06. The maximum atomic E-state index is 8.77. The van der Waals surface area contributed by atoms with Crippen LogP contribution in [0.15, 0.2) is 0 Å². The summed E-state index contributed by atoms with van der Waals surface area (Å²) in [5.74, 6) is 0. The van der Waals surface area contributed by atoms with Crippen molar-refractivity contribution in [3.63, 3.8) is 0 Å². The van der Waals surface area contributed by atoms with E-state index in [0.717, 1.165) is 0 Å². The summed E-state index contributed by atoms with van der Waals surface area (Å²) < 4.78 is 0. The van der Waals surface area contributed by atoms with Gasteiger partial charge in [-0.15, -0.1) is 11.6 Å². The number of halogens is 1. The van der Waals surface area contributed by atoms with Crippen molar-refractivity contribution in [2.75, 3.05) is 13.1 Å². The molecule has 0 saturated carbocycles. The van der Waals surface area contributed by atoms with Gasteiger partial charge < -0.3 is 5.11 Å². The molecule has 1 aliphatic heterocycles. The maximum Gasteiger partial charge on any atom is 0.0857 e. The van der Waals surface area contributed by atoms with Gasteiger partial charge in [0, 0.05) is 13.1 Å². The summed E-state index contributed by atoms with van der Waals surface area (Å²) in [7, 11) is 0. The molecule has 1 N–H and O–H groups in total.